The van der Waals surface area contributed by atoms with Gasteiger partial charge in [-0.3, -0.25) is 4.79 Å². The van der Waals surface area contributed by atoms with Crippen molar-refractivity contribution >= 4 is 21.8 Å². The maximum Gasteiger partial charge on any atom is 0.273 e. The van der Waals surface area contributed by atoms with E-state index < -0.39 is 0 Å². The number of hydrogen-bond donors (Lipinski definition) is 1. The molecule has 0 aliphatic carbocycles. The first-order chi connectivity index (χ1) is 12.9. The second kappa shape index (κ2) is 8.97. The van der Waals surface area contributed by atoms with E-state index in [1.165, 1.54) is 19.5 Å². The van der Waals surface area contributed by atoms with Crippen LogP contribution >= 0.6 is 15.9 Å². The summed E-state index contributed by atoms with van der Waals surface area (Å²) in [5.41, 5.74) is 2.00. The third-order valence-corrected chi connectivity index (χ3v) is 5.54. The van der Waals surface area contributed by atoms with Gasteiger partial charge < -0.3 is 10.2 Å². The Labute approximate surface area is 169 Å². The molecule has 1 aliphatic rings. The van der Waals surface area contributed by atoms with Crippen molar-refractivity contribution < 1.29 is 4.79 Å². The standard InChI is InChI=1S/C20H28BrN5O/c1-14-10-15(2)13-25(12-14)9-5-8-22-20(27)19-16(3)26(24-23-19)18-7-4-6-17(21)11-18/h4,6-7,11,14-15H,5,8-10,12-13H2,1-3H3,(H,22,27). The fourth-order valence-electron chi connectivity index (χ4n) is 3.95. The third kappa shape index (κ3) is 5.17. The van der Waals surface area contributed by atoms with E-state index in [0.717, 1.165) is 40.7 Å². The van der Waals surface area contributed by atoms with Crippen molar-refractivity contribution in [2.45, 2.75) is 33.6 Å². The lowest BCUT2D eigenvalue weighted by Gasteiger charge is -2.34. The number of amides is 1. The van der Waals surface area contributed by atoms with Crippen LogP contribution in [0, 0.1) is 18.8 Å². The van der Waals surface area contributed by atoms with E-state index >= 15 is 0 Å². The predicted molar refractivity (Wildman–Crippen MR) is 110 cm³/mol. The number of halogens is 1. The second-order valence-electron chi connectivity index (χ2n) is 7.73. The average Bonchev–Trinajstić information content (AvgIpc) is 2.99. The largest absolute Gasteiger partial charge is 0.351 e. The molecule has 1 aromatic heterocycles. The Morgan fingerprint density at radius 2 is 2.04 bits per heavy atom. The number of hydrogen-bond acceptors (Lipinski definition) is 4. The van der Waals surface area contributed by atoms with E-state index in [-0.39, 0.29) is 5.91 Å². The molecule has 0 radical (unpaired) electrons. The van der Waals surface area contributed by atoms with Crippen molar-refractivity contribution in [3.8, 4) is 5.69 Å². The van der Waals surface area contributed by atoms with Gasteiger partial charge in [-0.15, -0.1) is 5.10 Å². The lowest BCUT2D eigenvalue weighted by Crippen LogP contribution is -2.40. The van der Waals surface area contributed by atoms with Crippen LogP contribution in [-0.2, 0) is 0 Å². The summed E-state index contributed by atoms with van der Waals surface area (Å²) in [5.74, 6) is 1.37. The minimum atomic E-state index is -0.158. The van der Waals surface area contributed by atoms with Crippen LogP contribution in [0.15, 0.2) is 28.7 Å². The Hall–Kier alpha value is -1.73. The quantitative estimate of drug-likeness (QED) is 0.708. The topological polar surface area (TPSA) is 63.1 Å². The lowest BCUT2D eigenvalue weighted by atomic mass is 9.92. The van der Waals surface area contributed by atoms with Crippen molar-refractivity contribution in [2.75, 3.05) is 26.2 Å². The van der Waals surface area contributed by atoms with Crippen molar-refractivity contribution in [1.82, 2.24) is 25.2 Å². The molecule has 1 aliphatic heterocycles. The first-order valence-electron chi connectivity index (χ1n) is 9.63. The molecule has 1 saturated heterocycles. The van der Waals surface area contributed by atoms with Gasteiger partial charge in [0.25, 0.3) is 5.91 Å². The molecule has 3 rings (SSSR count). The Morgan fingerprint density at radius 1 is 1.30 bits per heavy atom. The molecule has 2 heterocycles. The zero-order chi connectivity index (χ0) is 19.4. The maximum atomic E-state index is 12.5. The minimum absolute atomic E-state index is 0.158. The van der Waals surface area contributed by atoms with Gasteiger partial charge in [-0.2, -0.15) is 0 Å². The van der Waals surface area contributed by atoms with Gasteiger partial charge in [0, 0.05) is 24.1 Å². The number of carbonyl (C=O) groups excluding carboxylic acids is 1. The first kappa shape index (κ1) is 20.0. The van der Waals surface area contributed by atoms with Gasteiger partial charge in [0.2, 0.25) is 0 Å². The van der Waals surface area contributed by atoms with Crippen LogP contribution in [0.1, 0.15) is 42.9 Å². The number of nitrogens with zero attached hydrogens (tertiary/aromatic N) is 4. The molecule has 0 spiro atoms. The molecule has 1 fully saturated rings. The van der Waals surface area contributed by atoms with Gasteiger partial charge in [0.05, 0.1) is 11.4 Å². The molecule has 7 heteroatoms. The minimum Gasteiger partial charge on any atom is -0.351 e. The molecule has 1 N–H and O–H groups in total. The number of aromatic nitrogens is 3. The fourth-order valence-corrected chi connectivity index (χ4v) is 4.34. The van der Waals surface area contributed by atoms with Crippen LogP contribution in [0.3, 0.4) is 0 Å². The average molecular weight is 434 g/mol. The SMILES string of the molecule is Cc1c(C(=O)NCCCN2CC(C)CC(C)C2)nnn1-c1cccc(Br)c1. The summed E-state index contributed by atoms with van der Waals surface area (Å²) in [6, 6.07) is 7.77. The van der Waals surface area contributed by atoms with E-state index in [0.29, 0.717) is 12.2 Å². The maximum absolute atomic E-state index is 12.5. The summed E-state index contributed by atoms with van der Waals surface area (Å²) < 4.78 is 2.65. The highest BCUT2D eigenvalue weighted by atomic mass is 79.9. The monoisotopic (exact) mass is 433 g/mol. The third-order valence-electron chi connectivity index (χ3n) is 5.04. The van der Waals surface area contributed by atoms with Gasteiger partial charge >= 0.3 is 0 Å². The second-order valence-corrected chi connectivity index (χ2v) is 8.65. The normalized spacial score (nSPS) is 20.6. The summed E-state index contributed by atoms with van der Waals surface area (Å²) in [4.78, 5) is 15.0. The number of nitrogens with one attached hydrogen (secondary N) is 1. The van der Waals surface area contributed by atoms with E-state index in [9.17, 15) is 4.79 Å². The molecule has 146 valence electrons. The summed E-state index contributed by atoms with van der Waals surface area (Å²) in [5, 5.41) is 11.2. The highest BCUT2D eigenvalue weighted by Crippen LogP contribution is 2.21. The van der Waals surface area contributed by atoms with Crippen LogP contribution < -0.4 is 5.32 Å². The summed E-state index contributed by atoms with van der Waals surface area (Å²) in [6.45, 7) is 10.5. The molecule has 1 aromatic carbocycles. The molecule has 2 aromatic rings. The number of piperidine rings is 1. The van der Waals surface area contributed by atoms with Crippen LogP contribution in [-0.4, -0.2) is 52.0 Å². The molecular weight excluding hydrogens is 406 g/mol. The van der Waals surface area contributed by atoms with E-state index in [1.54, 1.807) is 4.68 Å². The molecule has 27 heavy (non-hydrogen) atoms. The fraction of sp³-hybridized carbons (Fsp3) is 0.550. The molecule has 0 bridgehead atoms. The number of benzene rings is 1. The Morgan fingerprint density at radius 3 is 2.74 bits per heavy atom. The zero-order valence-corrected chi connectivity index (χ0v) is 17.9. The number of carbonyl (C=O) groups is 1. The summed E-state index contributed by atoms with van der Waals surface area (Å²) in [7, 11) is 0. The Bertz CT molecular complexity index is 780. The molecule has 6 nitrogen and oxygen atoms in total. The van der Waals surface area contributed by atoms with Crippen LogP contribution in [0.4, 0.5) is 0 Å². The zero-order valence-electron chi connectivity index (χ0n) is 16.3. The van der Waals surface area contributed by atoms with Crippen molar-refractivity contribution in [3.63, 3.8) is 0 Å². The Kier molecular flexibility index (Phi) is 6.65. The van der Waals surface area contributed by atoms with Crippen molar-refractivity contribution in [3.05, 3.63) is 40.1 Å². The highest BCUT2D eigenvalue weighted by molar-refractivity contribution is 9.10. The lowest BCUT2D eigenvalue weighted by molar-refractivity contribution is 0.0941. The Balaban J connectivity index is 1.52. The van der Waals surface area contributed by atoms with Crippen LogP contribution in [0.2, 0.25) is 0 Å². The molecule has 0 saturated carbocycles. The van der Waals surface area contributed by atoms with Crippen molar-refractivity contribution in [2.24, 2.45) is 11.8 Å². The predicted octanol–water partition coefficient (Wildman–Crippen LogP) is 3.44. The van der Waals surface area contributed by atoms with Gasteiger partial charge in [-0.25, -0.2) is 4.68 Å². The first-order valence-corrected chi connectivity index (χ1v) is 10.4. The van der Waals surface area contributed by atoms with E-state index in [2.05, 4.69) is 50.3 Å². The molecule has 1 amide bonds. The van der Waals surface area contributed by atoms with Crippen LogP contribution in [0.5, 0.6) is 0 Å². The number of likely N-dealkylation sites (tertiary alicyclic amines) is 1. The molecular formula is C20H28BrN5O. The van der Waals surface area contributed by atoms with Gasteiger partial charge in [-0.05, 0) is 56.3 Å². The van der Waals surface area contributed by atoms with E-state index in [4.69, 9.17) is 0 Å². The van der Waals surface area contributed by atoms with E-state index in [1.807, 2.05) is 31.2 Å². The molecule has 2 atom stereocenters. The summed E-state index contributed by atoms with van der Waals surface area (Å²) >= 11 is 3.46. The van der Waals surface area contributed by atoms with Crippen molar-refractivity contribution in [1.29, 1.82) is 0 Å². The van der Waals surface area contributed by atoms with Gasteiger partial charge in [-0.1, -0.05) is 41.1 Å². The summed E-state index contributed by atoms with van der Waals surface area (Å²) in [6.07, 6.45) is 2.27. The van der Waals surface area contributed by atoms with Crippen LogP contribution in [0.25, 0.3) is 5.69 Å². The smallest absolute Gasteiger partial charge is 0.273 e. The van der Waals surface area contributed by atoms with Gasteiger partial charge in [0.1, 0.15) is 0 Å². The molecule has 2 unspecified atom stereocenters. The van der Waals surface area contributed by atoms with Gasteiger partial charge in [0.15, 0.2) is 5.69 Å². The number of rotatable bonds is 6. The highest BCUT2D eigenvalue weighted by Gasteiger charge is 2.21.